The van der Waals surface area contributed by atoms with Crippen LogP contribution in [0.25, 0.3) is 0 Å². The van der Waals surface area contributed by atoms with Gasteiger partial charge in [0.05, 0.1) is 11.5 Å². The maximum atomic E-state index is 13.6. The topological polar surface area (TPSA) is 67.2 Å². The van der Waals surface area contributed by atoms with Crippen LogP contribution in [0, 0.1) is 25.5 Å². The highest BCUT2D eigenvalue weighted by Crippen LogP contribution is 2.14. The number of hydrogen-bond donors (Lipinski definition) is 1. The van der Waals surface area contributed by atoms with Crippen LogP contribution in [0.3, 0.4) is 0 Å². The van der Waals surface area contributed by atoms with E-state index in [1.165, 1.54) is 24.8 Å². The van der Waals surface area contributed by atoms with Gasteiger partial charge in [0, 0.05) is 23.0 Å². The van der Waals surface area contributed by atoms with Crippen molar-refractivity contribution in [2.45, 2.75) is 25.9 Å². The summed E-state index contributed by atoms with van der Waals surface area (Å²) in [5.41, 5.74) is 4.36. The number of carbonyl (C=O) groups excluding carboxylic acids is 1. The Balaban J connectivity index is 1.94. The summed E-state index contributed by atoms with van der Waals surface area (Å²) in [6.07, 6.45) is 0. The number of aryl methyl sites for hydroxylation is 2. The van der Waals surface area contributed by atoms with Crippen molar-refractivity contribution in [3.05, 3.63) is 52.9 Å². The lowest BCUT2D eigenvalue weighted by Gasteiger charge is -2.05. The molecule has 1 aromatic carbocycles. The van der Waals surface area contributed by atoms with Gasteiger partial charge in [0.15, 0.2) is 5.16 Å². The van der Waals surface area contributed by atoms with Gasteiger partial charge < -0.3 is 0 Å². The van der Waals surface area contributed by atoms with Crippen LogP contribution < -0.4 is 5.43 Å². The summed E-state index contributed by atoms with van der Waals surface area (Å²) in [5.74, 6) is -1.70. The molecule has 1 N–H and O–H groups in total. The number of nitrogens with zero attached hydrogens (tertiary/aromatic N) is 3. The minimum atomic E-state index is -0.733. The van der Waals surface area contributed by atoms with Crippen molar-refractivity contribution in [1.29, 1.82) is 0 Å². The third-order valence-corrected chi connectivity index (χ3v) is 3.81. The molecule has 0 aliphatic heterocycles. The molecule has 0 radical (unpaired) electrons. The van der Waals surface area contributed by atoms with Crippen molar-refractivity contribution >= 4 is 23.4 Å². The second-order valence-corrected chi connectivity index (χ2v) is 6.02. The van der Waals surface area contributed by atoms with Crippen molar-refractivity contribution in [3.63, 3.8) is 0 Å². The minimum absolute atomic E-state index is 0.0750. The van der Waals surface area contributed by atoms with Crippen LogP contribution in [-0.4, -0.2) is 27.3 Å². The highest BCUT2D eigenvalue weighted by atomic mass is 32.2. The van der Waals surface area contributed by atoms with Crippen molar-refractivity contribution in [3.8, 4) is 0 Å². The van der Waals surface area contributed by atoms with Crippen LogP contribution in [0.1, 0.15) is 23.9 Å². The van der Waals surface area contributed by atoms with Crippen molar-refractivity contribution in [1.82, 2.24) is 15.4 Å². The first-order valence-electron chi connectivity index (χ1n) is 7.09. The average Bonchev–Trinajstić information content (AvgIpc) is 2.49. The molecule has 0 fully saturated rings. The molecule has 1 aromatic heterocycles. The molecule has 8 heteroatoms. The fourth-order valence-corrected chi connectivity index (χ4v) is 2.65. The zero-order valence-corrected chi connectivity index (χ0v) is 14.2. The lowest BCUT2D eigenvalue weighted by atomic mass is 10.1. The summed E-state index contributed by atoms with van der Waals surface area (Å²) in [4.78, 5) is 20.3. The van der Waals surface area contributed by atoms with Gasteiger partial charge in [0.1, 0.15) is 11.6 Å². The number of thioether (sulfide) groups is 1. The molecule has 24 heavy (non-hydrogen) atoms. The van der Waals surface area contributed by atoms with E-state index in [-0.39, 0.29) is 22.9 Å². The van der Waals surface area contributed by atoms with Crippen molar-refractivity contribution in [2.75, 3.05) is 5.75 Å². The number of benzene rings is 1. The van der Waals surface area contributed by atoms with Crippen LogP contribution in [0.4, 0.5) is 8.78 Å². The number of carbonyl (C=O) groups is 1. The van der Waals surface area contributed by atoms with Crippen LogP contribution in [0.2, 0.25) is 0 Å². The molecular weight excluding hydrogens is 334 g/mol. The molecule has 0 saturated heterocycles. The van der Waals surface area contributed by atoms with E-state index in [2.05, 4.69) is 20.5 Å². The number of amides is 1. The smallest absolute Gasteiger partial charge is 0.250 e. The Morgan fingerprint density at radius 2 is 1.88 bits per heavy atom. The summed E-state index contributed by atoms with van der Waals surface area (Å²) in [6, 6.07) is 5.01. The maximum Gasteiger partial charge on any atom is 0.250 e. The summed E-state index contributed by atoms with van der Waals surface area (Å²) in [6.45, 7) is 5.23. The third kappa shape index (κ3) is 5.09. The standard InChI is InChI=1S/C16H16F2N4OS/c1-9-6-10(2)20-16(19-9)24-8-15(23)22-21-11(3)13-5-4-12(17)7-14(13)18/h4-7H,8H2,1-3H3,(H,22,23)/b21-11+. The molecule has 0 atom stereocenters. The zero-order chi connectivity index (χ0) is 17.7. The van der Waals surface area contributed by atoms with E-state index in [1.54, 1.807) is 0 Å². The molecule has 1 amide bonds. The van der Waals surface area contributed by atoms with Gasteiger partial charge in [-0.15, -0.1) is 0 Å². The Morgan fingerprint density at radius 3 is 2.50 bits per heavy atom. The molecule has 0 bridgehead atoms. The maximum absolute atomic E-state index is 13.6. The number of hydrazone groups is 1. The van der Waals surface area contributed by atoms with Crippen molar-refractivity contribution in [2.24, 2.45) is 5.10 Å². The van der Waals surface area contributed by atoms with Gasteiger partial charge in [-0.1, -0.05) is 11.8 Å². The number of hydrogen-bond acceptors (Lipinski definition) is 5. The predicted octanol–water partition coefficient (Wildman–Crippen LogP) is 3.00. The summed E-state index contributed by atoms with van der Waals surface area (Å²) >= 11 is 1.18. The molecular formula is C16H16F2N4OS. The van der Waals surface area contributed by atoms with Gasteiger partial charge in [-0.05, 0) is 39.0 Å². The van der Waals surface area contributed by atoms with E-state index in [0.717, 1.165) is 23.5 Å². The van der Waals surface area contributed by atoms with Gasteiger partial charge in [-0.25, -0.2) is 24.2 Å². The monoisotopic (exact) mass is 350 g/mol. The zero-order valence-electron chi connectivity index (χ0n) is 13.4. The first-order chi connectivity index (χ1) is 11.3. The van der Waals surface area contributed by atoms with Crippen LogP contribution in [-0.2, 0) is 4.79 Å². The molecule has 2 rings (SSSR count). The molecule has 0 saturated carbocycles. The molecule has 0 spiro atoms. The van der Waals surface area contributed by atoms with Crippen LogP contribution in [0.15, 0.2) is 34.5 Å². The van der Waals surface area contributed by atoms with E-state index in [9.17, 15) is 13.6 Å². The number of halogens is 2. The van der Waals surface area contributed by atoms with Gasteiger partial charge in [0.2, 0.25) is 0 Å². The molecule has 0 aliphatic rings. The quantitative estimate of drug-likeness (QED) is 0.390. The molecule has 0 aliphatic carbocycles. The molecule has 1 heterocycles. The molecule has 2 aromatic rings. The number of nitrogens with one attached hydrogen (secondary N) is 1. The second kappa shape index (κ2) is 7.96. The van der Waals surface area contributed by atoms with Crippen LogP contribution in [0.5, 0.6) is 0 Å². The van der Waals surface area contributed by atoms with E-state index in [0.29, 0.717) is 5.16 Å². The van der Waals surface area contributed by atoms with Crippen molar-refractivity contribution < 1.29 is 13.6 Å². The Morgan fingerprint density at radius 1 is 1.21 bits per heavy atom. The molecule has 5 nitrogen and oxygen atoms in total. The summed E-state index contributed by atoms with van der Waals surface area (Å²) in [5, 5.41) is 4.34. The largest absolute Gasteiger partial charge is 0.272 e. The van der Waals surface area contributed by atoms with Gasteiger partial charge in [-0.2, -0.15) is 5.10 Å². The Hall–Kier alpha value is -2.35. The van der Waals surface area contributed by atoms with Gasteiger partial charge in [0.25, 0.3) is 5.91 Å². The van der Waals surface area contributed by atoms with E-state index >= 15 is 0 Å². The van der Waals surface area contributed by atoms with Gasteiger partial charge in [-0.3, -0.25) is 4.79 Å². The minimum Gasteiger partial charge on any atom is -0.272 e. The number of rotatable bonds is 5. The molecule has 126 valence electrons. The molecule has 0 unspecified atom stereocenters. The average molecular weight is 350 g/mol. The Labute approximate surface area is 142 Å². The fraction of sp³-hybridized carbons (Fsp3) is 0.250. The van der Waals surface area contributed by atoms with Gasteiger partial charge >= 0.3 is 0 Å². The predicted molar refractivity (Wildman–Crippen MR) is 88.9 cm³/mol. The Bertz CT molecular complexity index is 775. The van der Waals surface area contributed by atoms with E-state index < -0.39 is 11.6 Å². The highest BCUT2D eigenvalue weighted by molar-refractivity contribution is 7.99. The third-order valence-electron chi connectivity index (χ3n) is 2.96. The normalized spacial score (nSPS) is 11.5. The highest BCUT2D eigenvalue weighted by Gasteiger charge is 2.09. The second-order valence-electron chi connectivity index (χ2n) is 5.08. The summed E-state index contributed by atoms with van der Waals surface area (Å²) < 4.78 is 26.5. The Kier molecular flexibility index (Phi) is 5.97. The first-order valence-corrected chi connectivity index (χ1v) is 8.07. The first kappa shape index (κ1) is 18.0. The fourth-order valence-electron chi connectivity index (χ4n) is 1.91. The SMILES string of the molecule is C/C(=N\NC(=O)CSc1nc(C)cc(C)n1)c1ccc(F)cc1F. The van der Waals surface area contributed by atoms with E-state index in [1.807, 2.05) is 19.9 Å². The van der Waals surface area contributed by atoms with Crippen LogP contribution >= 0.6 is 11.8 Å². The summed E-state index contributed by atoms with van der Waals surface area (Å²) in [7, 11) is 0. The van der Waals surface area contributed by atoms with E-state index in [4.69, 9.17) is 0 Å². The number of aromatic nitrogens is 2. The lowest BCUT2D eigenvalue weighted by Crippen LogP contribution is -2.21. The lowest BCUT2D eigenvalue weighted by molar-refractivity contribution is -0.118.